The highest BCUT2D eigenvalue weighted by molar-refractivity contribution is 6.32. The fraction of sp³-hybridized carbons (Fsp3) is 0.429. The van der Waals surface area contributed by atoms with Gasteiger partial charge in [0.25, 0.3) is 0 Å². The van der Waals surface area contributed by atoms with Gasteiger partial charge in [0.15, 0.2) is 0 Å². The van der Waals surface area contributed by atoms with Crippen LogP contribution in [0, 0.1) is 0 Å². The predicted octanol–water partition coefficient (Wildman–Crippen LogP) is 0.695. The number of rotatable bonds is 3. The van der Waals surface area contributed by atoms with E-state index >= 15 is 0 Å². The second kappa shape index (κ2) is 3.82. The molecule has 0 aromatic rings. The van der Waals surface area contributed by atoms with Crippen molar-refractivity contribution in [2.45, 2.75) is 13.8 Å². The number of ketones is 1. The molecule has 0 amide bonds. The standard InChI is InChI=1S/C7H10O3/c1-5(2)4-10-7(9)6(3)8/h1,4H2,2-3H3. The molecule has 0 aliphatic rings. The van der Waals surface area contributed by atoms with Gasteiger partial charge in [-0.25, -0.2) is 4.79 Å². The summed E-state index contributed by atoms with van der Waals surface area (Å²) >= 11 is 0. The number of carbonyl (C=O) groups is 2. The minimum Gasteiger partial charge on any atom is -0.455 e. The summed E-state index contributed by atoms with van der Waals surface area (Å²) in [6, 6.07) is 0. The summed E-state index contributed by atoms with van der Waals surface area (Å²) in [4.78, 5) is 20.7. The van der Waals surface area contributed by atoms with Crippen LogP contribution in [-0.4, -0.2) is 18.4 Å². The summed E-state index contributed by atoms with van der Waals surface area (Å²) in [6.07, 6.45) is 0. The second-order valence-corrected chi connectivity index (χ2v) is 2.09. The SMILES string of the molecule is C=C(C)COC(=O)C(C)=O. The predicted molar refractivity (Wildman–Crippen MR) is 36.5 cm³/mol. The monoisotopic (exact) mass is 142 g/mol. The van der Waals surface area contributed by atoms with Crippen LogP contribution in [-0.2, 0) is 14.3 Å². The zero-order valence-electron chi connectivity index (χ0n) is 6.14. The lowest BCUT2D eigenvalue weighted by molar-refractivity contribution is -0.152. The Balaban J connectivity index is 3.60. The van der Waals surface area contributed by atoms with E-state index in [2.05, 4.69) is 11.3 Å². The van der Waals surface area contributed by atoms with E-state index in [0.29, 0.717) is 0 Å². The first kappa shape index (κ1) is 8.88. The molecule has 0 aromatic heterocycles. The lowest BCUT2D eigenvalue weighted by atomic mass is 10.4. The van der Waals surface area contributed by atoms with Crippen molar-refractivity contribution in [3.05, 3.63) is 12.2 Å². The van der Waals surface area contributed by atoms with Crippen molar-refractivity contribution >= 4 is 11.8 Å². The van der Waals surface area contributed by atoms with E-state index in [1.54, 1.807) is 6.92 Å². The van der Waals surface area contributed by atoms with Crippen LogP contribution >= 0.6 is 0 Å². The van der Waals surface area contributed by atoms with Crippen molar-refractivity contribution in [3.8, 4) is 0 Å². The smallest absolute Gasteiger partial charge is 0.374 e. The van der Waals surface area contributed by atoms with Gasteiger partial charge in [-0.3, -0.25) is 4.79 Å². The zero-order chi connectivity index (χ0) is 8.15. The first-order valence-corrected chi connectivity index (χ1v) is 2.86. The first-order chi connectivity index (χ1) is 4.54. The van der Waals surface area contributed by atoms with Crippen LogP contribution in [0.15, 0.2) is 12.2 Å². The van der Waals surface area contributed by atoms with Gasteiger partial charge in [0.1, 0.15) is 6.61 Å². The lowest BCUT2D eigenvalue weighted by Crippen LogP contribution is -2.14. The highest BCUT2D eigenvalue weighted by atomic mass is 16.5. The van der Waals surface area contributed by atoms with Crippen molar-refractivity contribution in [2.75, 3.05) is 6.61 Å². The normalized spacial score (nSPS) is 8.60. The minimum absolute atomic E-state index is 0.123. The Morgan fingerprint density at radius 3 is 2.20 bits per heavy atom. The highest BCUT2D eigenvalue weighted by Gasteiger charge is 2.07. The molecule has 0 aliphatic carbocycles. The Morgan fingerprint density at radius 1 is 1.40 bits per heavy atom. The molecule has 0 aliphatic heterocycles. The maximum Gasteiger partial charge on any atom is 0.374 e. The topological polar surface area (TPSA) is 43.4 Å². The molecule has 0 saturated carbocycles. The molecule has 0 saturated heterocycles. The number of esters is 1. The van der Waals surface area contributed by atoms with E-state index in [9.17, 15) is 9.59 Å². The van der Waals surface area contributed by atoms with E-state index in [0.717, 1.165) is 5.57 Å². The molecule has 0 spiro atoms. The van der Waals surface area contributed by atoms with Crippen LogP contribution in [0.1, 0.15) is 13.8 Å². The van der Waals surface area contributed by atoms with Crippen molar-refractivity contribution in [1.29, 1.82) is 0 Å². The third kappa shape index (κ3) is 3.83. The number of Topliss-reactive ketones (excluding diaryl/α,β-unsaturated/α-hetero) is 1. The maximum absolute atomic E-state index is 10.4. The van der Waals surface area contributed by atoms with Crippen LogP contribution in [0.4, 0.5) is 0 Å². The van der Waals surface area contributed by atoms with Gasteiger partial charge >= 0.3 is 5.97 Å². The molecular weight excluding hydrogens is 132 g/mol. The average molecular weight is 142 g/mol. The first-order valence-electron chi connectivity index (χ1n) is 2.86. The largest absolute Gasteiger partial charge is 0.455 e. The van der Waals surface area contributed by atoms with Gasteiger partial charge in [-0.1, -0.05) is 6.58 Å². The van der Waals surface area contributed by atoms with Crippen LogP contribution in [0.2, 0.25) is 0 Å². The maximum atomic E-state index is 10.4. The van der Waals surface area contributed by atoms with Crippen molar-refractivity contribution < 1.29 is 14.3 Å². The molecule has 0 heterocycles. The Morgan fingerprint density at radius 2 is 1.90 bits per heavy atom. The van der Waals surface area contributed by atoms with Crippen molar-refractivity contribution in [3.63, 3.8) is 0 Å². The lowest BCUT2D eigenvalue weighted by Gasteiger charge is -1.99. The van der Waals surface area contributed by atoms with Gasteiger partial charge < -0.3 is 4.74 Å². The molecule has 3 heteroatoms. The average Bonchev–Trinajstić information content (AvgIpc) is 1.82. The van der Waals surface area contributed by atoms with E-state index in [1.807, 2.05) is 0 Å². The molecule has 0 radical (unpaired) electrons. The molecule has 0 N–H and O–H groups in total. The Bertz CT molecular complexity index is 170. The van der Waals surface area contributed by atoms with Gasteiger partial charge in [-0.05, 0) is 12.5 Å². The van der Waals surface area contributed by atoms with Crippen molar-refractivity contribution in [2.24, 2.45) is 0 Å². The summed E-state index contributed by atoms with van der Waals surface area (Å²) in [7, 11) is 0. The number of carbonyl (C=O) groups excluding carboxylic acids is 2. The molecular formula is C7H10O3. The second-order valence-electron chi connectivity index (χ2n) is 2.09. The van der Waals surface area contributed by atoms with Crippen LogP contribution in [0.3, 0.4) is 0 Å². The summed E-state index contributed by atoms with van der Waals surface area (Å²) in [5.41, 5.74) is 0.717. The van der Waals surface area contributed by atoms with E-state index in [1.165, 1.54) is 6.92 Å². The zero-order valence-corrected chi connectivity index (χ0v) is 6.14. The Labute approximate surface area is 59.7 Å². The molecule has 10 heavy (non-hydrogen) atoms. The Hall–Kier alpha value is -1.12. The van der Waals surface area contributed by atoms with Gasteiger partial charge in [-0.2, -0.15) is 0 Å². The molecule has 3 nitrogen and oxygen atoms in total. The molecule has 0 rings (SSSR count). The molecule has 0 bridgehead atoms. The summed E-state index contributed by atoms with van der Waals surface area (Å²) in [5, 5.41) is 0. The minimum atomic E-state index is -0.803. The molecule has 56 valence electrons. The van der Waals surface area contributed by atoms with Gasteiger partial charge in [0.2, 0.25) is 5.78 Å². The third-order valence-electron chi connectivity index (χ3n) is 0.737. The van der Waals surface area contributed by atoms with Crippen LogP contribution in [0.5, 0.6) is 0 Å². The summed E-state index contributed by atoms with van der Waals surface area (Å²) in [5.74, 6) is -1.38. The van der Waals surface area contributed by atoms with Crippen LogP contribution in [0.25, 0.3) is 0 Å². The van der Waals surface area contributed by atoms with Gasteiger partial charge in [0.05, 0.1) is 0 Å². The summed E-state index contributed by atoms with van der Waals surface area (Å²) < 4.78 is 4.48. The molecule has 0 aromatic carbocycles. The van der Waals surface area contributed by atoms with E-state index < -0.39 is 11.8 Å². The number of hydrogen-bond acceptors (Lipinski definition) is 3. The van der Waals surface area contributed by atoms with Crippen molar-refractivity contribution in [1.82, 2.24) is 0 Å². The van der Waals surface area contributed by atoms with E-state index in [-0.39, 0.29) is 6.61 Å². The molecule has 0 atom stereocenters. The van der Waals surface area contributed by atoms with Gasteiger partial charge in [-0.15, -0.1) is 0 Å². The Kier molecular flexibility index (Phi) is 3.39. The van der Waals surface area contributed by atoms with Crippen LogP contribution < -0.4 is 0 Å². The fourth-order valence-electron chi connectivity index (χ4n) is 0.290. The van der Waals surface area contributed by atoms with E-state index in [4.69, 9.17) is 0 Å². The summed E-state index contributed by atoms with van der Waals surface area (Å²) in [6.45, 7) is 6.50. The molecule has 0 unspecified atom stereocenters. The molecule has 0 fully saturated rings. The highest BCUT2D eigenvalue weighted by Crippen LogP contribution is 1.88. The quantitative estimate of drug-likeness (QED) is 0.331. The number of ether oxygens (including phenoxy) is 1. The third-order valence-corrected chi connectivity index (χ3v) is 0.737. The fourth-order valence-corrected chi connectivity index (χ4v) is 0.290. The van der Waals surface area contributed by atoms with Gasteiger partial charge in [0, 0.05) is 6.92 Å². The number of hydrogen-bond donors (Lipinski definition) is 0.